The minimum absolute atomic E-state index is 0.0220. The summed E-state index contributed by atoms with van der Waals surface area (Å²) >= 11 is 0. The highest BCUT2D eigenvalue weighted by atomic mass is 16.5. The molecule has 0 saturated carbocycles. The van der Waals surface area contributed by atoms with Gasteiger partial charge in [-0.2, -0.15) is 0 Å². The van der Waals surface area contributed by atoms with Crippen LogP contribution in [0.1, 0.15) is 16.9 Å². The Hall–Kier alpha value is -1.82. The van der Waals surface area contributed by atoms with Crippen LogP contribution in [0.3, 0.4) is 0 Å². The van der Waals surface area contributed by atoms with Gasteiger partial charge in [-0.25, -0.2) is 9.78 Å². The summed E-state index contributed by atoms with van der Waals surface area (Å²) in [6.45, 7) is 1.38. The quantitative estimate of drug-likeness (QED) is 0.690. The lowest BCUT2D eigenvalue weighted by Crippen LogP contribution is -2.33. The minimum Gasteiger partial charge on any atom is -0.477 e. The van der Waals surface area contributed by atoms with Crippen LogP contribution in [0.25, 0.3) is 0 Å². The van der Waals surface area contributed by atoms with Gasteiger partial charge in [-0.1, -0.05) is 0 Å². The van der Waals surface area contributed by atoms with Crippen molar-refractivity contribution in [3.05, 3.63) is 17.8 Å². The number of carboxylic acids is 1. The number of carboxylic acid groups (broad SMARTS) is 1. The van der Waals surface area contributed by atoms with Crippen molar-refractivity contribution in [2.24, 2.45) is 0 Å². The van der Waals surface area contributed by atoms with Gasteiger partial charge in [0.15, 0.2) is 5.69 Å². The number of carbonyl (C=O) groups is 1. The fraction of sp³-hybridized carbons (Fsp3) is 0.400. The number of ether oxygens (including phenoxy) is 1. The Bertz CT molecular complexity index is 404. The van der Waals surface area contributed by atoms with Crippen LogP contribution in [0.5, 0.6) is 0 Å². The molecule has 1 atom stereocenters. The Morgan fingerprint density at radius 2 is 2.44 bits per heavy atom. The SMILES string of the molecule is Nc1ccc(C(=O)O)nc1NCC1CCO1. The molecule has 1 aliphatic rings. The maximum absolute atomic E-state index is 10.7. The van der Waals surface area contributed by atoms with Gasteiger partial charge < -0.3 is 20.9 Å². The molecule has 1 unspecified atom stereocenters. The molecule has 6 heteroatoms. The van der Waals surface area contributed by atoms with E-state index in [4.69, 9.17) is 15.6 Å². The topological polar surface area (TPSA) is 97.5 Å². The summed E-state index contributed by atoms with van der Waals surface area (Å²) < 4.78 is 5.22. The van der Waals surface area contributed by atoms with Gasteiger partial charge in [-0.05, 0) is 18.6 Å². The zero-order valence-corrected chi connectivity index (χ0v) is 8.64. The number of rotatable bonds is 4. The fourth-order valence-corrected chi connectivity index (χ4v) is 1.39. The zero-order chi connectivity index (χ0) is 11.5. The van der Waals surface area contributed by atoms with Gasteiger partial charge >= 0.3 is 5.97 Å². The van der Waals surface area contributed by atoms with Crippen LogP contribution in [-0.2, 0) is 4.74 Å². The van der Waals surface area contributed by atoms with Crippen molar-refractivity contribution < 1.29 is 14.6 Å². The van der Waals surface area contributed by atoms with E-state index in [0.29, 0.717) is 18.1 Å². The molecular formula is C10H13N3O3. The second-order valence-corrected chi connectivity index (χ2v) is 3.60. The average Bonchev–Trinajstić information content (AvgIpc) is 2.18. The third kappa shape index (κ3) is 2.22. The number of nitrogens with two attached hydrogens (primary N) is 1. The summed E-state index contributed by atoms with van der Waals surface area (Å²) in [6.07, 6.45) is 1.18. The third-order valence-corrected chi connectivity index (χ3v) is 2.44. The van der Waals surface area contributed by atoms with Crippen LogP contribution in [0.4, 0.5) is 11.5 Å². The maximum Gasteiger partial charge on any atom is 0.354 e. The zero-order valence-electron chi connectivity index (χ0n) is 8.64. The number of nitrogens with one attached hydrogen (secondary N) is 1. The molecule has 1 aromatic heterocycles. The van der Waals surface area contributed by atoms with E-state index >= 15 is 0 Å². The van der Waals surface area contributed by atoms with Crippen molar-refractivity contribution >= 4 is 17.5 Å². The lowest BCUT2D eigenvalue weighted by molar-refractivity contribution is -0.0410. The smallest absolute Gasteiger partial charge is 0.354 e. The van der Waals surface area contributed by atoms with Gasteiger partial charge in [0.1, 0.15) is 5.82 Å². The number of anilines is 2. The van der Waals surface area contributed by atoms with E-state index in [0.717, 1.165) is 13.0 Å². The summed E-state index contributed by atoms with van der Waals surface area (Å²) in [5.74, 6) is -0.668. The third-order valence-electron chi connectivity index (χ3n) is 2.44. The maximum atomic E-state index is 10.7. The van der Waals surface area contributed by atoms with Gasteiger partial charge in [-0.3, -0.25) is 0 Å². The molecule has 4 N–H and O–H groups in total. The number of nitrogens with zero attached hydrogens (tertiary/aromatic N) is 1. The van der Waals surface area contributed by atoms with Gasteiger partial charge in [0, 0.05) is 13.2 Å². The predicted molar refractivity (Wildman–Crippen MR) is 58.5 cm³/mol. The van der Waals surface area contributed by atoms with E-state index in [2.05, 4.69) is 10.3 Å². The van der Waals surface area contributed by atoms with E-state index in [-0.39, 0.29) is 11.8 Å². The molecule has 1 fully saturated rings. The van der Waals surface area contributed by atoms with E-state index in [9.17, 15) is 4.79 Å². The normalized spacial score (nSPS) is 18.9. The Kier molecular flexibility index (Phi) is 2.91. The number of hydrogen-bond donors (Lipinski definition) is 3. The molecule has 0 aromatic carbocycles. The van der Waals surface area contributed by atoms with Crippen LogP contribution in [0, 0.1) is 0 Å². The first-order valence-corrected chi connectivity index (χ1v) is 5.02. The van der Waals surface area contributed by atoms with Crippen molar-refractivity contribution in [1.29, 1.82) is 0 Å². The number of aromatic nitrogens is 1. The molecule has 86 valence electrons. The summed E-state index contributed by atoms with van der Waals surface area (Å²) in [6, 6.07) is 2.91. The molecular weight excluding hydrogens is 210 g/mol. The lowest BCUT2D eigenvalue weighted by Gasteiger charge is -2.26. The Labute approximate surface area is 92.4 Å². The molecule has 0 amide bonds. The summed E-state index contributed by atoms with van der Waals surface area (Å²) in [5, 5.41) is 11.8. The fourth-order valence-electron chi connectivity index (χ4n) is 1.39. The second kappa shape index (κ2) is 4.36. The minimum atomic E-state index is -1.07. The van der Waals surface area contributed by atoms with Gasteiger partial charge in [0.25, 0.3) is 0 Å². The Morgan fingerprint density at radius 1 is 1.69 bits per heavy atom. The van der Waals surface area contributed by atoms with Crippen molar-refractivity contribution in [2.75, 3.05) is 24.2 Å². The van der Waals surface area contributed by atoms with Crippen molar-refractivity contribution in [2.45, 2.75) is 12.5 Å². The molecule has 1 aromatic rings. The van der Waals surface area contributed by atoms with Crippen molar-refractivity contribution in [1.82, 2.24) is 4.98 Å². The van der Waals surface area contributed by atoms with Gasteiger partial charge in [-0.15, -0.1) is 0 Å². The molecule has 1 aliphatic heterocycles. The van der Waals surface area contributed by atoms with Crippen molar-refractivity contribution in [3.8, 4) is 0 Å². The van der Waals surface area contributed by atoms with E-state index in [1.165, 1.54) is 12.1 Å². The van der Waals surface area contributed by atoms with E-state index in [1.807, 2.05) is 0 Å². The van der Waals surface area contributed by atoms with E-state index < -0.39 is 5.97 Å². The molecule has 6 nitrogen and oxygen atoms in total. The highest BCUT2D eigenvalue weighted by Gasteiger charge is 2.18. The molecule has 0 aliphatic carbocycles. The van der Waals surface area contributed by atoms with Crippen LogP contribution in [0.15, 0.2) is 12.1 Å². The predicted octanol–water partition coefficient (Wildman–Crippen LogP) is 0.563. The van der Waals surface area contributed by atoms with Gasteiger partial charge in [0.2, 0.25) is 0 Å². The molecule has 16 heavy (non-hydrogen) atoms. The number of hydrogen-bond acceptors (Lipinski definition) is 5. The van der Waals surface area contributed by atoms with Crippen LogP contribution in [-0.4, -0.2) is 35.3 Å². The Balaban J connectivity index is 2.05. The molecule has 0 spiro atoms. The first-order chi connectivity index (χ1) is 7.66. The molecule has 0 radical (unpaired) electrons. The number of nitrogen functional groups attached to an aromatic ring is 1. The average molecular weight is 223 g/mol. The molecule has 2 rings (SSSR count). The summed E-state index contributed by atoms with van der Waals surface area (Å²) in [4.78, 5) is 14.6. The largest absolute Gasteiger partial charge is 0.477 e. The molecule has 1 saturated heterocycles. The monoisotopic (exact) mass is 223 g/mol. The summed E-state index contributed by atoms with van der Waals surface area (Å²) in [7, 11) is 0. The first-order valence-electron chi connectivity index (χ1n) is 5.02. The number of aromatic carboxylic acids is 1. The lowest BCUT2D eigenvalue weighted by atomic mass is 10.2. The number of pyridine rings is 1. The molecule has 2 heterocycles. The van der Waals surface area contributed by atoms with Crippen LogP contribution < -0.4 is 11.1 Å². The van der Waals surface area contributed by atoms with Crippen LogP contribution >= 0.6 is 0 Å². The second-order valence-electron chi connectivity index (χ2n) is 3.60. The van der Waals surface area contributed by atoms with Crippen molar-refractivity contribution in [3.63, 3.8) is 0 Å². The van der Waals surface area contributed by atoms with Gasteiger partial charge in [0.05, 0.1) is 11.8 Å². The molecule has 0 bridgehead atoms. The highest BCUT2D eigenvalue weighted by molar-refractivity contribution is 5.86. The summed E-state index contributed by atoms with van der Waals surface area (Å²) in [5.41, 5.74) is 6.09. The van der Waals surface area contributed by atoms with E-state index in [1.54, 1.807) is 0 Å². The standard InChI is InChI=1S/C10H13N3O3/c11-7-1-2-8(10(14)15)13-9(7)12-5-6-3-4-16-6/h1-2,6H,3-5,11H2,(H,12,13)(H,14,15). The Morgan fingerprint density at radius 3 is 3.00 bits per heavy atom. The highest BCUT2D eigenvalue weighted by Crippen LogP contribution is 2.17. The first kappa shape index (κ1) is 10.7. The van der Waals surface area contributed by atoms with Crippen LogP contribution in [0.2, 0.25) is 0 Å².